The highest BCUT2D eigenvalue weighted by molar-refractivity contribution is 9.10. The van der Waals surface area contributed by atoms with Gasteiger partial charge in [0.15, 0.2) is 0 Å². The van der Waals surface area contributed by atoms with Crippen molar-refractivity contribution in [1.29, 1.82) is 0 Å². The van der Waals surface area contributed by atoms with Crippen molar-refractivity contribution in [1.82, 2.24) is 5.01 Å². The van der Waals surface area contributed by atoms with Gasteiger partial charge >= 0.3 is 0 Å². The van der Waals surface area contributed by atoms with Crippen LogP contribution in [-0.2, 0) is 0 Å². The molecule has 0 aliphatic carbocycles. The van der Waals surface area contributed by atoms with Gasteiger partial charge < -0.3 is 9.84 Å². The molecule has 0 bridgehead atoms. The molecule has 2 atom stereocenters. The van der Waals surface area contributed by atoms with Crippen molar-refractivity contribution in [3.8, 4) is 11.5 Å². The summed E-state index contributed by atoms with van der Waals surface area (Å²) < 4.78 is 8.21. The van der Waals surface area contributed by atoms with Gasteiger partial charge in [0.1, 0.15) is 11.5 Å². The van der Waals surface area contributed by atoms with Gasteiger partial charge in [0.25, 0.3) is 0 Å². The highest BCUT2D eigenvalue weighted by Crippen LogP contribution is 2.49. The Morgan fingerprint density at radius 3 is 2.43 bits per heavy atom. The Morgan fingerprint density at radius 2 is 1.64 bits per heavy atom. The molecule has 2 aliphatic heterocycles. The van der Waals surface area contributed by atoms with E-state index in [1.165, 1.54) is 0 Å². The molecule has 140 valence electrons. The molecule has 0 aromatic heterocycles. The van der Waals surface area contributed by atoms with Crippen molar-refractivity contribution < 1.29 is 9.84 Å². The lowest BCUT2D eigenvalue weighted by Gasteiger charge is -2.38. The van der Waals surface area contributed by atoms with Gasteiger partial charge in [-0.15, -0.1) is 0 Å². The maximum Gasteiger partial charge on any atom is 0.217 e. The van der Waals surface area contributed by atoms with Crippen LogP contribution in [0, 0.1) is 0 Å². The van der Waals surface area contributed by atoms with Gasteiger partial charge in [-0.05, 0) is 42.0 Å². The molecule has 6 heteroatoms. The first kappa shape index (κ1) is 17.8. The number of benzene rings is 3. The van der Waals surface area contributed by atoms with Crippen LogP contribution in [0.4, 0.5) is 0 Å². The van der Waals surface area contributed by atoms with E-state index in [0.717, 1.165) is 38.0 Å². The number of hydrogen-bond acceptors (Lipinski definition) is 4. The van der Waals surface area contributed by atoms with Crippen LogP contribution in [0.25, 0.3) is 0 Å². The maximum atomic E-state index is 10.5. The fraction of sp³-hybridized carbons (Fsp3) is 0.136. The van der Waals surface area contributed by atoms with Gasteiger partial charge in [0.05, 0.1) is 17.3 Å². The number of rotatable bonds is 2. The van der Waals surface area contributed by atoms with Crippen LogP contribution in [0.5, 0.6) is 11.5 Å². The van der Waals surface area contributed by atoms with Gasteiger partial charge in [0.2, 0.25) is 6.23 Å². The Kier molecular flexibility index (Phi) is 4.40. The van der Waals surface area contributed by atoms with E-state index in [1.807, 2.05) is 47.5 Å². The third kappa shape index (κ3) is 3.01. The predicted molar refractivity (Wildman–Crippen MR) is 115 cm³/mol. The molecule has 0 saturated carbocycles. The first-order chi connectivity index (χ1) is 13.6. The van der Waals surface area contributed by atoms with Crippen molar-refractivity contribution in [2.75, 3.05) is 0 Å². The second-order valence-corrected chi connectivity index (χ2v) is 8.70. The lowest BCUT2D eigenvalue weighted by atomic mass is 9.96. The Labute approximate surface area is 179 Å². The number of phenols is 1. The van der Waals surface area contributed by atoms with E-state index < -0.39 is 6.23 Å². The zero-order valence-electron chi connectivity index (χ0n) is 14.7. The molecule has 3 aromatic carbocycles. The van der Waals surface area contributed by atoms with Gasteiger partial charge in [-0.1, -0.05) is 62.2 Å². The lowest BCUT2D eigenvalue weighted by Crippen LogP contribution is -2.33. The van der Waals surface area contributed by atoms with Crippen LogP contribution < -0.4 is 4.74 Å². The molecule has 0 fully saturated rings. The highest BCUT2D eigenvalue weighted by atomic mass is 79.9. The van der Waals surface area contributed by atoms with E-state index in [9.17, 15) is 5.11 Å². The molecular weight excluding hydrogens is 484 g/mol. The number of aromatic hydroxyl groups is 1. The highest BCUT2D eigenvalue weighted by Gasteiger charge is 2.42. The van der Waals surface area contributed by atoms with E-state index in [1.54, 1.807) is 6.07 Å². The van der Waals surface area contributed by atoms with E-state index in [2.05, 4.69) is 50.1 Å². The predicted octanol–water partition coefficient (Wildman–Crippen LogP) is 6.16. The molecule has 4 nitrogen and oxygen atoms in total. The van der Waals surface area contributed by atoms with E-state index in [0.29, 0.717) is 5.56 Å². The van der Waals surface area contributed by atoms with Crippen molar-refractivity contribution >= 4 is 37.6 Å². The third-order valence-electron chi connectivity index (χ3n) is 5.11. The summed E-state index contributed by atoms with van der Waals surface area (Å²) in [7, 11) is 0. The number of phenolic OH excluding ortho intramolecular Hbond substituents is 1. The molecule has 2 aliphatic rings. The summed E-state index contributed by atoms with van der Waals surface area (Å²) in [6.07, 6.45) is 0.277. The Bertz CT molecular complexity index is 1090. The summed E-state index contributed by atoms with van der Waals surface area (Å²) in [6, 6.07) is 21.6. The first-order valence-electron chi connectivity index (χ1n) is 8.96. The number of halogens is 2. The molecule has 0 radical (unpaired) electrons. The molecular formula is C22H16Br2N2O2. The summed E-state index contributed by atoms with van der Waals surface area (Å²) in [5.41, 5.74) is 3.90. The molecule has 0 spiro atoms. The van der Waals surface area contributed by atoms with Crippen molar-refractivity contribution in [3.05, 3.63) is 92.4 Å². The Hall–Kier alpha value is -2.31. The first-order valence-corrected chi connectivity index (χ1v) is 10.5. The summed E-state index contributed by atoms with van der Waals surface area (Å²) in [5, 5.41) is 17.4. The molecule has 0 saturated heterocycles. The standard InChI is InChI=1S/C22H16Br2N2O2/c23-14-6-8-20(27)17(11-14)22-26-19(16-10-15(24)7-9-21(16)28-22)12-18(25-26)13-4-2-1-3-5-13/h1-11,19,22,27H,12H2/t19-,22-/m1/s1. The van der Waals surface area contributed by atoms with Crippen LogP contribution in [0.3, 0.4) is 0 Å². The Balaban J connectivity index is 1.64. The van der Waals surface area contributed by atoms with Crippen LogP contribution in [0.2, 0.25) is 0 Å². The normalized spacial score (nSPS) is 20.2. The van der Waals surface area contributed by atoms with Crippen LogP contribution in [-0.4, -0.2) is 15.8 Å². The zero-order valence-corrected chi connectivity index (χ0v) is 17.9. The number of ether oxygens (including phenoxy) is 1. The quantitative estimate of drug-likeness (QED) is 0.459. The van der Waals surface area contributed by atoms with Crippen molar-refractivity contribution in [2.45, 2.75) is 18.7 Å². The number of nitrogens with zero attached hydrogens (tertiary/aromatic N) is 2. The van der Waals surface area contributed by atoms with E-state index in [4.69, 9.17) is 9.84 Å². The second-order valence-electron chi connectivity index (χ2n) is 6.87. The van der Waals surface area contributed by atoms with Crippen LogP contribution in [0.1, 0.15) is 35.4 Å². The fourth-order valence-electron chi connectivity index (χ4n) is 3.79. The monoisotopic (exact) mass is 498 g/mol. The van der Waals surface area contributed by atoms with Crippen LogP contribution in [0.15, 0.2) is 80.8 Å². The SMILES string of the molecule is Oc1ccc(Br)cc1[C@H]1Oc2ccc(Br)cc2[C@H]2CC(c3ccccc3)=NN21. The summed E-state index contributed by atoms with van der Waals surface area (Å²) >= 11 is 7.07. The largest absolute Gasteiger partial charge is 0.507 e. The smallest absolute Gasteiger partial charge is 0.217 e. The van der Waals surface area contributed by atoms with Crippen LogP contribution >= 0.6 is 31.9 Å². The van der Waals surface area contributed by atoms with Gasteiger partial charge in [-0.2, -0.15) is 5.10 Å². The molecule has 3 aromatic rings. The third-order valence-corrected chi connectivity index (χ3v) is 6.10. The molecule has 5 rings (SSSR count). The van der Waals surface area contributed by atoms with Gasteiger partial charge in [0, 0.05) is 20.9 Å². The number of fused-ring (bicyclic) bond motifs is 3. The maximum absolute atomic E-state index is 10.5. The summed E-state index contributed by atoms with van der Waals surface area (Å²) in [4.78, 5) is 0. The minimum atomic E-state index is -0.502. The number of hydrazone groups is 1. The molecule has 1 N–H and O–H groups in total. The van der Waals surface area contributed by atoms with E-state index >= 15 is 0 Å². The molecule has 28 heavy (non-hydrogen) atoms. The minimum Gasteiger partial charge on any atom is -0.507 e. The average Bonchev–Trinajstić information content (AvgIpc) is 3.16. The second kappa shape index (κ2) is 6.94. The average molecular weight is 500 g/mol. The zero-order chi connectivity index (χ0) is 19.3. The fourth-order valence-corrected chi connectivity index (χ4v) is 4.55. The summed E-state index contributed by atoms with van der Waals surface area (Å²) in [6.45, 7) is 0. The van der Waals surface area contributed by atoms with Crippen molar-refractivity contribution in [3.63, 3.8) is 0 Å². The molecule has 2 heterocycles. The topological polar surface area (TPSA) is 45.1 Å². The molecule has 0 amide bonds. The Morgan fingerprint density at radius 1 is 0.929 bits per heavy atom. The molecule has 0 unspecified atom stereocenters. The van der Waals surface area contributed by atoms with Gasteiger partial charge in [-0.3, -0.25) is 0 Å². The lowest BCUT2D eigenvalue weighted by molar-refractivity contribution is -0.0204. The van der Waals surface area contributed by atoms with Gasteiger partial charge in [-0.25, -0.2) is 5.01 Å². The van der Waals surface area contributed by atoms with Crippen molar-refractivity contribution in [2.24, 2.45) is 5.10 Å². The van der Waals surface area contributed by atoms with E-state index in [-0.39, 0.29) is 11.8 Å². The summed E-state index contributed by atoms with van der Waals surface area (Å²) in [5.74, 6) is 1.01. The minimum absolute atomic E-state index is 0.0415. The number of hydrogen-bond donors (Lipinski definition) is 1.